The predicted molar refractivity (Wildman–Crippen MR) is 69.8 cm³/mol. The minimum absolute atomic E-state index is 0.630. The van der Waals surface area contributed by atoms with E-state index >= 15 is 0 Å². The number of hydrogen-bond acceptors (Lipinski definition) is 3. The Morgan fingerprint density at radius 1 is 1.47 bits per heavy atom. The molecule has 1 N–H and O–H groups in total. The molecule has 0 spiro atoms. The summed E-state index contributed by atoms with van der Waals surface area (Å²) < 4.78 is 11.0. The molecule has 1 unspecified atom stereocenters. The first-order valence-electron chi connectivity index (χ1n) is 6.34. The average molecular weight is 235 g/mol. The van der Waals surface area contributed by atoms with Crippen LogP contribution in [0.15, 0.2) is 18.2 Å². The number of aryl methyl sites for hydroxylation is 1. The molecule has 17 heavy (non-hydrogen) atoms. The first-order valence-corrected chi connectivity index (χ1v) is 6.34. The lowest BCUT2D eigenvalue weighted by Crippen LogP contribution is -2.14. The van der Waals surface area contributed by atoms with E-state index in [4.69, 9.17) is 9.47 Å². The van der Waals surface area contributed by atoms with Gasteiger partial charge in [0.25, 0.3) is 0 Å². The van der Waals surface area contributed by atoms with Gasteiger partial charge in [-0.1, -0.05) is 6.07 Å². The zero-order valence-electron chi connectivity index (χ0n) is 10.7. The summed E-state index contributed by atoms with van der Waals surface area (Å²) in [5.41, 5.74) is 2.31. The lowest BCUT2D eigenvalue weighted by Gasteiger charge is -2.15. The molecule has 1 atom stereocenters. The zero-order valence-corrected chi connectivity index (χ0v) is 10.7. The molecule has 0 amide bonds. The van der Waals surface area contributed by atoms with Crippen molar-refractivity contribution in [1.82, 2.24) is 0 Å². The van der Waals surface area contributed by atoms with Crippen LogP contribution in [-0.2, 0) is 4.74 Å². The van der Waals surface area contributed by atoms with E-state index in [0.29, 0.717) is 12.5 Å². The van der Waals surface area contributed by atoms with Crippen molar-refractivity contribution in [3.8, 4) is 5.75 Å². The second-order valence-electron chi connectivity index (χ2n) is 4.54. The monoisotopic (exact) mass is 235 g/mol. The zero-order chi connectivity index (χ0) is 12.1. The van der Waals surface area contributed by atoms with E-state index in [2.05, 4.69) is 30.4 Å². The molecule has 3 heteroatoms. The van der Waals surface area contributed by atoms with Gasteiger partial charge in [-0.2, -0.15) is 0 Å². The molecule has 1 fully saturated rings. The Bertz CT molecular complexity index is 359. The highest BCUT2D eigenvalue weighted by atomic mass is 16.5. The molecule has 0 saturated carbocycles. The molecule has 0 aliphatic carbocycles. The van der Waals surface area contributed by atoms with E-state index in [1.165, 1.54) is 5.56 Å². The molecule has 1 heterocycles. The predicted octanol–water partition coefficient (Wildman–Crippen LogP) is 2.84. The first kappa shape index (κ1) is 12.2. The number of anilines is 1. The highest BCUT2D eigenvalue weighted by molar-refractivity contribution is 5.57. The van der Waals surface area contributed by atoms with Crippen LogP contribution in [-0.4, -0.2) is 26.4 Å². The molecule has 2 rings (SSSR count). The number of ether oxygens (including phenoxy) is 2. The molecule has 0 aromatic heterocycles. The van der Waals surface area contributed by atoms with Gasteiger partial charge in [-0.3, -0.25) is 0 Å². The highest BCUT2D eigenvalue weighted by Gasteiger charge is 2.15. The van der Waals surface area contributed by atoms with Crippen molar-refractivity contribution >= 4 is 5.69 Å². The molecular formula is C14H21NO2. The van der Waals surface area contributed by atoms with Crippen molar-refractivity contribution in [2.75, 3.05) is 31.7 Å². The highest BCUT2D eigenvalue weighted by Crippen LogP contribution is 2.26. The van der Waals surface area contributed by atoms with Gasteiger partial charge in [0.1, 0.15) is 5.75 Å². The average Bonchev–Trinajstić information content (AvgIpc) is 2.81. The van der Waals surface area contributed by atoms with Crippen LogP contribution in [0.25, 0.3) is 0 Å². The van der Waals surface area contributed by atoms with Gasteiger partial charge in [0, 0.05) is 19.1 Å². The van der Waals surface area contributed by atoms with Gasteiger partial charge >= 0.3 is 0 Å². The summed E-state index contributed by atoms with van der Waals surface area (Å²) in [7, 11) is 0. The largest absolute Gasteiger partial charge is 0.492 e. The lowest BCUT2D eigenvalue weighted by molar-refractivity contribution is 0.187. The van der Waals surface area contributed by atoms with Crippen LogP contribution >= 0.6 is 0 Å². The molecular weight excluding hydrogens is 214 g/mol. The Kier molecular flexibility index (Phi) is 4.26. The summed E-state index contributed by atoms with van der Waals surface area (Å²) in [6, 6.07) is 6.28. The van der Waals surface area contributed by atoms with Crippen LogP contribution in [0.2, 0.25) is 0 Å². The van der Waals surface area contributed by atoms with E-state index in [0.717, 1.165) is 37.6 Å². The summed E-state index contributed by atoms with van der Waals surface area (Å²) in [6.45, 7) is 7.53. The van der Waals surface area contributed by atoms with E-state index in [1.807, 2.05) is 6.92 Å². The van der Waals surface area contributed by atoms with Crippen molar-refractivity contribution in [2.24, 2.45) is 5.92 Å². The van der Waals surface area contributed by atoms with Crippen molar-refractivity contribution in [1.29, 1.82) is 0 Å². The second kappa shape index (κ2) is 5.92. The summed E-state index contributed by atoms with van der Waals surface area (Å²) in [5, 5.41) is 3.46. The van der Waals surface area contributed by atoms with E-state index < -0.39 is 0 Å². The van der Waals surface area contributed by atoms with Crippen LogP contribution < -0.4 is 10.1 Å². The van der Waals surface area contributed by atoms with Gasteiger partial charge in [-0.25, -0.2) is 0 Å². The molecule has 1 aromatic carbocycles. The number of rotatable bonds is 5. The van der Waals surface area contributed by atoms with Crippen LogP contribution in [0.3, 0.4) is 0 Å². The smallest absolute Gasteiger partial charge is 0.142 e. The Morgan fingerprint density at radius 3 is 3.06 bits per heavy atom. The molecule has 3 nitrogen and oxygen atoms in total. The summed E-state index contributed by atoms with van der Waals surface area (Å²) >= 11 is 0. The van der Waals surface area contributed by atoms with Gasteiger partial charge in [0.15, 0.2) is 0 Å². The molecule has 0 bridgehead atoms. The fourth-order valence-electron chi connectivity index (χ4n) is 2.05. The van der Waals surface area contributed by atoms with Crippen LogP contribution in [0.1, 0.15) is 18.9 Å². The minimum atomic E-state index is 0.630. The van der Waals surface area contributed by atoms with Crippen LogP contribution in [0.5, 0.6) is 5.75 Å². The Morgan fingerprint density at radius 2 is 2.35 bits per heavy atom. The quantitative estimate of drug-likeness (QED) is 0.851. The van der Waals surface area contributed by atoms with Gasteiger partial charge < -0.3 is 14.8 Å². The van der Waals surface area contributed by atoms with E-state index in [1.54, 1.807) is 0 Å². The Labute approximate surface area is 103 Å². The van der Waals surface area contributed by atoms with Gasteiger partial charge in [0.05, 0.1) is 18.9 Å². The third-order valence-electron chi connectivity index (χ3n) is 3.04. The van der Waals surface area contributed by atoms with Gasteiger partial charge in [-0.05, 0) is 38.0 Å². The standard InChI is InChI=1S/C14H21NO2/c1-3-17-14-8-11(2)4-5-13(14)15-9-12-6-7-16-10-12/h4-5,8,12,15H,3,6-7,9-10H2,1-2H3. The van der Waals surface area contributed by atoms with E-state index in [9.17, 15) is 0 Å². The normalized spacial score (nSPS) is 19.3. The Hall–Kier alpha value is -1.22. The van der Waals surface area contributed by atoms with Gasteiger partial charge in [-0.15, -0.1) is 0 Å². The van der Waals surface area contributed by atoms with Crippen molar-refractivity contribution in [2.45, 2.75) is 20.3 Å². The second-order valence-corrected chi connectivity index (χ2v) is 4.54. The molecule has 0 radical (unpaired) electrons. The Balaban J connectivity index is 1.98. The summed E-state index contributed by atoms with van der Waals surface area (Å²) in [6.07, 6.45) is 1.16. The van der Waals surface area contributed by atoms with Gasteiger partial charge in [0.2, 0.25) is 0 Å². The lowest BCUT2D eigenvalue weighted by atomic mass is 10.1. The van der Waals surface area contributed by atoms with Crippen LogP contribution in [0.4, 0.5) is 5.69 Å². The summed E-state index contributed by atoms with van der Waals surface area (Å²) in [5.74, 6) is 1.58. The topological polar surface area (TPSA) is 30.5 Å². The third kappa shape index (κ3) is 3.37. The maximum Gasteiger partial charge on any atom is 0.142 e. The molecule has 94 valence electrons. The molecule has 1 saturated heterocycles. The van der Waals surface area contributed by atoms with E-state index in [-0.39, 0.29) is 0 Å². The number of nitrogens with one attached hydrogen (secondary N) is 1. The van der Waals surface area contributed by atoms with Crippen molar-refractivity contribution in [3.63, 3.8) is 0 Å². The first-order chi connectivity index (χ1) is 8.29. The number of hydrogen-bond donors (Lipinski definition) is 1. The van der Waals surface area contributed by atoms with Crippen molar-refractivity contribution in [3.05, 3.63) is 23.8 Å². The molecule has 1 aromatic rings. The maximum absolute atomic E-state index is 5.64. The number of benzene rings is 1. The fourth-order valence-corrected chi connectivity index (χ4v) is 2.05. The molecule has 1 aliphatic heterocycles. The SMILES string of the molecule is CCOc1cc(C)ccc1NCC1CCOC1. The fraction of sp³-hybridized carbons (Fsp3) is 0.571. The minimum Gasteiger partial charge on any atom is -0.492 e. The summed E-state index contributed by atoms with van der Waals surface area (Å²) in [4.78, 5) is 0. The van der Waals surface area contributed by atoms with Crippen molar-refractivity contribution < 1.29 is 9.47 Å². The van der Waals surface area contributed by atoms with Crippen LogP contribution in [0, 0.1) is 12.8 Å². The molecule has 1 aliphatic rings. The maximum atomic E-state index is 5.64. The third-order valence-corrected chi connectivity index (χ3v) is 3.04.